The number of carbonyl (C=O) groups is 1. The third-order valence-electron chi connectivity index (χ3n) is 2.29. The summed E-state index contributed by atoms with van der Waals surface area (Å²) in [5.74, 6) is -0.326. The molecular formula is C12H12N2O. The minimum absolute atomic E-state index is 0.245. The summed E-state index contributed by atoms with van der Waals surface area (Å²) in [6.45, 7) is 2.00. The predicted octanol–water partition coefficient (Wildman–Crippen LogP) is 1.57. The van der Waals surface area contributed by atoms with Gasteiger partial charge in [-0.15, -0.1) is 0 Å². The molecule has 0 bridgehead atoms. The molecule has 0 aliphatic rings. The smallest absolute Gasteiger partial charge is 0.221 e. The van der Waals surface area contributed by atoms with Crippen LogP contribution in [0.15, 0.2) is 30.5 Å². The molecule has 0 radical (unpaired) electrons. The van der Waals surface area contributed by atoms with Crippen molar-refractivity contribution in [3.63, 3.8) is 0 Å². The summed E-state index contributed by atoms with van der Waals surface area (Å²) >= 11 is 0. The normalized spacial score (nSPS) is 10.5. The van der Waals surface area contributed by atoms with E-state index in [0.29, 0.717) is 0 Å². The van der Waals surface area contributed by atoms with Crippen LogP contribution in [0.1, 0.15) is 11.1 Å². The number of carbonyl (C=O) groups excluding carboxylic acids is 1. The fraction of sp³-hybridized carbons (Fsp3) is 0.167. The molecule has 0 aliphatic heterocycles. The Kier molecular flexibility index (Phi) is 2.37. The summed E-state index contributed by atoms with van der Waals surface area (Å²) in [6, 6.07) is 7.88. The number of aromatic nitrogens is 1. The number of pyridine rings is 1. The number of nitrogens with two attached hydrogens (primary N) is 1. The van der Waals surface area contributed by atoms with Crippen LogP contribution in [0.5, 0.6) is 0 Å². The molecule has 2 aromatic rings. The van der Waals surface area contributed by atoms with Crippen molar-refractivity contribution >= 4 is 16.8 Å². The number of hydrogen-bond donors (Lipinski definition) is 1. The zero-order chi connectivity index (χ0) is 10.8. The van der Waals surface area contributed by atoms with Crippen LogP contribution in [0.3, 0.4) is 0 Å². The van der Waals surface area contributed by atoms with E-state index < -0.39 is 0 Å². The third-order valence-corrected chi connectivity index (χ3v) is 2.29. The van der Waals surface area contributed by atoms with Gasteiger partial charge in [0, 0.05) is 11.6 Å². The number of aryl methyl sites for hydroxylation is 1. The minimum Gasteiger partial charge on any atom is -0.369 e. The van der Waals surface area contributed by atoms with Gasteiger partial charge in [-0.2, -0.15) is 0 Å². The Bertz CT molecular complexity index is 520. The minimum atomic E-state index is -0.326. The number of primary amides is 1. The van der Waals surface area contributed by atoms with Gasteiger partial charge in [-0.3, -0.25) is 9.78 Å². The zero-order valence-electron chi connectivity index (χ0n) is 8.53. The molecule has 2 rings (SSSR count). The highest BCUT2D eigenvalue weighted by atomic mass is 16.1. The van der Waals surface area contributed by atoms with Gasteiger partial charge in [0.2, 0.25) is 5.91 Å². The first-order valence-electron chi connectivity index (χ1n) is 4.79. The summed E-state index contributed by atoms with van der Waals surface area (Å²) < 4.78 is 0. The summed E-state index contributed by atoms with van der Waals surface area (Å²) in [6.07, 6.45) is 1.97. The first-order chi connectivity index (χ1) is 7.16. The molecule has 1 heterocycles. The van der Waals surface area contributed by atoms with Crippen molar-refractivity contribution in [2.24, 2.45) is 5.73 Å². The Labute approximate surface area is 87.9 Å². The van der Waals surface area contributed by atoms with E-state index in [1.807, 2.05) is 31.2 Å². The monoisotopic (exact) mass is 200 g/mol. The first-order valence-corrected chi connectivity index (χ1v) is 4.79. The molecule has 3 heteroatoms. The molecule has 76 valence electrons. The number of hydrogen-bond acceptors (Lipinski definition) is 2. The van der Waals surface area contributed by atoms with Crippen LogP contribution in [-0.2, 0) is 11.2 Å². The third kappa shape index (κ3) is 1.96. The largest absolute Gasteiger partial charge is 0.369 e. The molecule has 3 nitrogen and oxygen atoms in total. The van der Waals surface area contributed by atoms with Crippen LogP contribution in [0.2, 0.25) is 0 Å². The molecule has 1 aromatic carbocycles. The number of nitrogens with zero attached hydrogens (tertiary/aromatic N) is 1. The van der Waals surface area contributed by atoms with Crippen LogP contribution < -0.4 is 5.73 Å². The lowest BCUT2D eigenvalue weighted by Crippen LogP contribution is -2.14. The second kappa shape index (κ2) is 3.69. The van der Waals surface area contributed by atoms with E-state index in [-0.39, 0.29) is 12.3 Å². The van der Waals surface area contributed by atoms with Gasteiger partial charge in [-0.1, -0.05) is 17.7 Å². The van der Waals surface area contributed by atoms with E-state index in [2.05, 4.69) is 4.98 Å². The van der Waals surface area contributed by atoms with Gasteiger partial charge < -0.3 is 5.73 Å². The van der Waals surface area contributed by atoms with Crippen LogP contribution in [-0.4, -0.2) is 10.9 Å². The summed E-state index contributed by atoms with van der Waals surface area (Å²) in [7, 11) is 0. The molecule has 2 N–H and O–H groups in total. The SMILES string of the molecule is Cc1cc(CC(N)=O)c2ncccc2c1. The maximum Gasteiger partial charge on any atom is 0.221 e. The second-order valence-corrected chi connectivity index (χ2v) is 3.64. The number of rotatable bonds is 2. The van der Waals surface area contributed by atoms with E-state index in [1.54, 1.807) is 6.20 Å². The van der Waals surface area contributed by atoms with Crippen LogP contribution in [0.25, 0.3) is 10.9 Å². The van der Waals surface area contributed by atoms with E-state index in [9.17, 15) is 4.79 Å². The van der Waals surface area contributed by atoms with Crippen LogP contribution in [0, 0.1) is 6.92 Å². The Morgan fingerprint density at radius 3 is 3.00 bits per heavy atom. The maximum atomic E-state index is 10.9. The summed E-state index contributed by atoms with van der Waals surface area (Å²) in [4.78, 5) is 15.2. The molecular weight excluding hydrogens is 188 g/mol. The van der Waals surface area contributed by atoms with Gasteiger partial charge in [-0.25, -0.2) is 0 Å². The number of benzene rings is 1. The fourth-order valence-electron chi connectivity index (χ4n) is 1.76. The van der Waals surface area contributed by atoms with Gasteiger partial charge >= 0.3 is 0 Å². The van der Waals surface area contributed by atoms with Crippen molar-refractivity contribution in [3.05, 3.63) is 41.6 Å². The van der Waals surface area contributed by atoms with Crippen molar-refractivity contribution in [1.82, 2.24) is 4.98 Å². The topological polar surface area (TPSA) is 56.0 Å². The molecule has 0 fully saturated rings. The predicted molar refractivity (Wildman–Crippen MR) is 59.4 cm³/mol. The molecule has 1 aromatic heterocycles. The van der Waals surface area contributed by atoms with Crippen molar-refractivity contribution in [2.75, 3.05) is 0 Å². The van der Waals surface area contributed by atoms with Crippen LogP contribution >= 0.6 is 0 Å². The highest BCUT2D eigenvalue weighted by Crippen LogP contribution is 2.18. The van der Waals surface area contributed by atoms with Gasteiger partial charge in [0.1, 0.15) is 0 Å². The van der Waals surface area contributed by atoms with E-state index in [1.165, 1.54) is 0 Å². The van der Waals surface area contributed by atoms with Gasteiger partial charge in [0.05, 0.1) is 11.9 Å². The van der Waals surface area contributed by atoms with Gasteiger partial charge in [0.25, 0.3) is 0 Å². The van der Waals surface area contributed by atoms with Crippen molar-refractivity contribution < 1.29 is 4.79 Å². The number of fused-ring (bicyclic) bond motifs is 1. The lowest BCUT2D eigenvalue weighted by molar-refractivity contribution is -0.117. The lowest BCUT2D eigenvalue weighted by atomic mass is 10.0. The van der Waals surface area contributed by atoms with E-state index in [4.69, 9.17) is 5.73 Å². The lowest BCUT2D eigenvalue weighted by Gasteiger charge is -2.05. The molecule has 1 amide bonds. The highest BCUT2D eigenvalue weighted by molar-refractivity contribution is 5.87. The van der Waals surface area contributed by atoms with Crippen molar-refractivity contribution in [3.8, 4) is 0 Å². The highest BCUT2D eigenvalue weighted by Gasteiger charge is 2.05. The standard InChI is InChI=1S/C12H12N2O/c1-8-5-9-3-2-4-14-12(9)10(6-8)7-11(13)15/h2-6H,7H2,1H3,(H2,13,15). The second-order valence-electron chi connectivity index (χ2n) is 3.64. The molecule has 0 unspecified atom stereocenters. The van der Waals surface area contributed by atoms with Gasteiger partial charge in [0.15, 0.2) is 0 Å². The van der Waals surface area contributed by atoms with E-state index in [0.717, 1.165) is 22.0 Å². The van der Waals surface area contributed by atoms with Crippen molar-refractivity contribution in [1.29, 1.82) is 0 Å². The molecule has 0 saturated heterocycles. The average Bonchev–Trinajstić information content (AvgIpc) is 2.16. The Balaban J connectivity index is 2.65. The molecule has 15 heavy (non-hydrogen) atoms. The average molecular weight is 200 g/mol. The molecule has 0 aliphatic carbocycles. The first kappa shape index (κ1) is 9.65. The van der Waals surface area contributed by atoms with Crippen LogP contribution in [0.4, 0.5) is 0 Å². The summed E-state index contributed by atoms with van der Waals surface area (Å²) in [5.41, 5.74) is 8.08. The molecule has 0 atom stereocenters. The molecule has 0 spiro atoms. The van der Waals surface area contributed by atoms with Crippen molar-refractivity contribution in [2.45, 2.75) is 13.3 Å². The zero-order valence-corrected chi connectivity index (χ0v) is 8.53. The quantitative estimate of drug-likeness (QED) is 0.800. The Morgan fingerprint density at radius 2 is 2.27 bits per heavy atom. The number of amides is 1. The van der Waals surface area contributed by atoms with E-state index >= 15 is 0 Å². The Hall–Kier alpha value is -1.90. The molecule has 0 saturated carbocycles. The Morgan fingerprint density at radius 1 is 1.47 bits per heavy atom. The summed E-state index contributed by atoms with van der Waals surface area (Å²) in [5, 5.41) is 1.05. The fourth-order valence-corrected chi connectivity index (χ4v) is 1.76. The maximum absolute atomic E-state index is 10.9. The van der Waals surface area contributed by atoms with Gasteiger partial charge in [-0.05, 0) is 24.6 Å².